The van der Waals surface area contributed by atoms with E-state index in [-0.39, 0.29) is 5.56 Å². The van der Waals surface area contributed by atoms with Crippen LogP contribution in [-0.4, -0.2) is 28.7 Å². The van der Waals surface area contributed by atoms with Crippen LogP contribution < -0.4 is 25.5 Å². The van der Waals surface area contributed by atoms with Crippen molar-refractivity contribution >= 4 is 23.1 Å². The van der Waals surface area contributed by atoms with Crippen molar-refractivity contribution in [3.8, 4) is 34.1 Å². The standard InChI is InChI=1S/C35H29FN4O5/c36-24-7-5-23(6-8-24)27-20-40(19-22-14-17-43-18-15-22)21-28(32(27)41)35(42)38-25-9-11-26(12-10-25)44-31-13-16-37-34-33(31)45-30-4-2-1-3-29(30)39-34/h1-13,16,20-22H,14-15,17-19H2,(H,37,39)(H,38,42). The molecule has 0 atom stereocenters. The smallest absolute Gasteiger partial charge is 0.261 e. The van der Waals surface area contributed by atoms with E-state index in [0.29, 0.717) is 71.3 Å². The van der Waals surface area contributed by atoms with Crippen LogP contribution in [0.2, 0.25) is 0 Å². The van der Waals surface area contributed by atoms with Gasteiger partial charge in [-0.1, -0.05) is 24.3 Å². The van der Waals surface area contributed by atoms with Crippen molar-refractivity contribution in [3.05, 3.63) is 119 Å². The van der Waals surface area contributed by atoms with Crippen molar-refractivity contribution in [3.63, 3.8) is 0 Å². The van der Waals surface area contributed by atoms with Crippen molar-refractivity contribution in [2.24, 2.45) is 5.92 Å². The lowest BCUT2D eigenvalue weighted by Crippen LogP contribution is -2.26. The van der Waals surface area contributed by atoms with E-state index in [1.54, 1.807) is 61.1 Å². The topological polar surface area (TPSA) is 104 Å². The number of anilines is 3. The number of benzene rings is 3. The molecule has 0 spiro atoms. The molecule has 0 radical (unpaired) electrons. The molecule has 5 aromatic rings. The molecule has 0 bridgehead atoms. The predicted molar refractivity (Wildman–Crippen MR) is 168 cm³/mol. The maximum Gasteiger partial charge on any atom is 0.261 e. The van der Waals surface area contributed by atoms with Gasteiger partial charge >= 0.3 is 0 Å². The number of nitrogens with one attached hydrogen (secondary N) is 2. The number of hydrogen-bond acceptors (Lipinski definition) is 7. The van der Waals surface area contributed by atoms with E-state index in [4.69, 9.17) is 14.2 Å². The molecule has 2 N–H and O–H groups in total. The number of carbonyl (C=O) groups excluding carboxylic acids is 1. The van der Waals surface area contributed by atoms with Gasteiger partial charge in [-0.3, -0.25) is 9.59 Å². The van der Waals surface area contributed by atoms with Gasteiger partial charge in [0.05, 0.1) is 5.69 Å². The van der Waals surface area contributed by atoms with Gasteiger partial charge in [-0.2, -0.15) is 0 Å². The first-order chi connectivity index (χ1) is 22.0. The van der Waals surface area contributed by atoms with Crippen molar-refractivity contribution < 1.29 is 23.4 Å². The lowest BCUT2D eigenvalue weighted by Gasteiger charge is -2.23. The summed E-state index contributed by atoms with van der Waals surface area (Å²) < 4.78 is 33.2. The molecule has 0 aliphatic carbocycles. The molecule has 10 heteroatoms. The molecule has 45 heavy (non-hydrogen) atoms. The number of nitrogens with zero attached hydrogens (tertiary/aromatic N) is 2. The second-order valence-corrected chi connectivity index (χ2v) is 11.0. The lowest BCUT2D eigenvalue weighted by atomic mass is 9.99. The minimum atomic E-state index is -0.542. The number of para-hydroxylation sites is 2. The minimum absolute atomic E-state index is 0.00226. The Hall–Kier alpha value is -5.48. The maximum atomic E-state index is 13.6. The van der Waals surface area contributed by atoms with E-state index in [0.717, 1.165) is 18.5 Å². The molecule has 1 amide bonds. The summed E-state index contributed by atoms with van der Waals surface area (Å²) >= 11 is 0. The molecule has 7 rings (SSSR count). The monoisotopic (exact) mass is 604 g/mol. The average Bonchev–Trinajstić information content (AvgIpc) is 3.06. The van der Waals surface area contributed by atoms with Crippen LogP contribution in [0.1, 0.15) is 23.2 Å². The van der Waals surface area contributed by atoms with E-state index in [9.17, 15) is 14.0 Å². The van der Waals surface area contributed by atoms with Crippen LogP contribution >= 0.6 is 0 Å². The van der Waals surface area contributed by atoms with Gasteiger partial charge in [0.2, 0.25) is 11.2 Å². The highest BCUT2D eigenvalue weighted by atomic mass is 19.1. The molecule has 1 fully saturated rings. The first-order valence-corrected chi connectivity index (χ1v) is 14.7. The normalized spacial score (nSPS) is 14.0. The second kappa shape index (κ2) is 12.3. The van der Waals surface area contributed by atoms with Crippen LogP contribution in [0.3, 0.4) is 0 Å². The fourth-order valence-corrected chi connectivity index (χ4v) is 5.49. The zero-order chi connectivity index (χ0) is 30.8. The van der Waals surface area contributed by atoms with E-state index < -0.39 is 17.2 Å². The molecule has 0 saturated carbocycles. The molecule has 4 heterocycles. The van der Waals surface area contributed by atoms with E-state index in [1.165, 1.54) is 12.1 Å². The molecule has 9 nitrogen and oxygen atoms in total. The van der Waals surface area contributed by atoms with Crippen molar-refractivity contribution in [2.75, 3.05) is 23.8 Å². The van der Waals surface area contributed by atoms with Gasteiger partial charge in [-0.25, -0.2) is 9.37 Å². The van der Waals surface area contributed by atoms with Crippen LogP contribution in [0.25, 0.3) is 11.1 Å². The SMILES string of the molecule is O=C(Nc1ccc(Oc2ccnc3c2Oc2ccccc2N3)cc1)c1cn(CC2CCOCC2)cc(-c2ccc(F)cc2)c1=O. The summed E-state index contributed by atoms with van der Waals surface area (Å²) in [7, 11) is 0. The maximum absolute atomic E-state index is 13.6. The first-order valence-electron chi connectivity index (χ1n) is 14.7. The first kappa shape index (κ1) is 28.3. The van der Waals surface area contributed by atoms with Gasteiger partial charge in [-0.15, -0.1) is 0 Å². The zero-order valence-electron chi connectivity index (χ0n) is 24.2. The summed E-state index contributed by atoms with van der Waals surface area (Å²) in [6.07, 6.45) is 6.75. The number of pyridine rings is 2. The van der Waals surface area contributed by atoms with Gasteiger partial charge in [0, 0.05) is 55.7 Å². The average molecular weight is 605 g/mol. The summed E-state index contributed by atoms with van der Waals surface area (Å²) in [6, 6.07) is 21.8. The molecule has 1 saturated heterocycles. The van der Waals surface area contributed by atoms with Gasteiger partial charge < -0.3 is 29.4 Å². The van der Waals surface area contributed by atoms with Gasteiger partial charge in [0.25, 0.3) is 5.91 Å². The molecular formula is C35H29FN4O5. The summed E-state index contributed by atoms with van der Waals surface area (Å²) in [5, 5.41) is 6.08. The number of hydrogen-bond donors (Lipinski definition) is 2. The molecule has 0 unspecified atom stereocenters. The molecule has 3 aromatic carbocycles. The number of amides is 1. The van der Waals surface area contributed by atoms with Crippen LogP contribution in [0.4, 0.5) is 21.6 Å². The highest BCUT2D eigenvalue weighted by Crippen LogP contribution is 2.46. The second-order valence-electron chi connectivity index (χ2n) is 11.0. The fraction of sp³-hybridized carbons (Fsp3) is 0.171. The largest absolute Gasteiger partial charge is 0.453 e. The molecule has 2 aliphatic rings. The third-order valence-electron chi connectivity index (χ3n) is 7.85. The van der Waals surface area contributed by atoms with Gasteiger partial charge in [-0.05, 0) is 72.9 Å². The van der Waals surface area contributed by atoms with E-state index in [1.807, 2.05) is 28.8 Å². The van der Waals surface area contributed by atoms with E-state index >= 15 is 0 Å². The van der Waals surface area contributed by atoms with Crippen LogP contribution in [0.15, 0.2) is 102 Å². The Balaban J connectivity index is 1.11. The third kappa shape index (κ3) is 6.13. The van der Waals surface area contributed by atoms with Crippen LogP contribution in [0.5, 0.6) is 23.0 Å². The molecule has 2 aliphatic heterocycles. The number of carbonyl (C=O) groups is 1. The highest BCUT2D eigenvalue weighted by molar-refractivity contribution is 6.04. The quantitative estimate of drug-likeness (QED) is 0.196. The van der Waals surface area contributed by atoms with Crippen molar-refractivity contribution in [2.45, 2.75) is 19.4 Å². The fourth-order valence-electron chi connectivity index (χ4n) is 5.49. The van der Waals surface area contributed by atoms with Crippen LogP contribution in [0, 0.1) is 11.7 Å². The van der Waals surface area contributed by atoms with Crippen LogP contribution in [-0.2, 0) is 11.3 Å². The summed E-state index contributed by atoms with van der Waals surface area (Å²) in [6.45, 7) is 2.00. The predicted octanol–water partition coefficient (Wildman–Crippen LogP) is 7.37. The Labute approximate surface area is 258 Å². The number of ether oxygens (including phenoxy) is 3. The Morgan fingerprint density at radius 2 is 1.78 bits per heavy atom. The van der Waals surface area contributed by atoms with Crippen molar-refractivity contribution in [1.29, 1.82) is 0 Å². The number of fused-ring (bicyclic) bond motifs is 2. The number of rotatable bonds is 7. The number of aromatic nitrogens is 2. The Bertz CT molecular complexity index is 1920. The summed E-state index contributed by atoms with van der Waals surface area (Å²) in [5.74, 6) is 2.07. The summed E-state index contributed by atoms with van der Waals surface area (Å²) in [5.41, 5.74) is 1.74. The van der Waals surface area contributed by atoms with Crippen molar-refractivity contribution in [1.82, 2.24) is 9.55 Å². The third-order valence-corrected chi connectivity index (χ3v) is 7.85. The Morgan fingerprint density at radius 1 is 1.00 bits per heavy atom. The zero-order valence-corrected chi connectivity index (χ0v) is 24.2. The van der Waals surface area contributed by atoms with E-state index in [2.05, 4.69) is 15.6 Å². The lowest BCUT2D eigenvalue weighted by molar-refractivity contribution is 0.0612. The van der Waals surface area contributed by atoms with Gasteiger partial charge in [0.15, 0.2) is 17.3 Å². The molecule has 226 valence electrons. The van der Waals surface area contributed by atoms with Gasteiger partial charge in [0.1, 0.15) is 17.1 Å². The molecule has 2 aromatic heterocycles. The summed E-state index contributed by atoms with van der Waals surface area (Å²) in [4.78, 5) is 31.4. The number of halogens is 1. The molecular weight excluding hydrogens is 575 g/mol. The minimum Gasteiger partial charge on any atom is -0.453 e. The Morgan fingerprint density at radius 3 is 2.58 bits per heavy atom. The Kier molecular flexibility index (Phi) is 7.71. The highest BCUT2D eigenvalue weighted by Gasteiger charge is 2.22.